The summed E-state index contributed by atoms with van der Waals surface area (Å²) in [6.07, 6.45) is 29.1. The van der Waals surface area contributed by atoms with Crippen molar-refractivity contribution in [2.45, 2.75) is 198 Å². The SMILES string of the molecule is CCCCCC/C=C\CCCCCCCCCC(=O)O[C@H](COC(=O)CCC/C=C\C/C=C\C/C=C\C/C=C\C=C\[C@@H](O)CC)COP(=O)(O)OC1[C@H](O)[C@H](O)C(O)[C@H](O)[C@H]1O. The molecule has 3 unspecified atom stereocenters. The Hall–Kier alpha value is -2.75. The lowest BCUT2D eigenvalue weighted by molar-refractivity contribution is -0.220. The molecule has 0 radical (unpaired) electrons. The van der Waals surface area contributed by atoms with E-state index in [0.29, 0.717) is 25.7 Å². The molecule has 0 heterocycles. The quantitative estimate of drug-likeness (QED) is 0.0105. The van der Waals surface area contributed by atoms with E-state index in [1.54, 1.807) is 6.08 Å². The van der Waals surface area contributed by atoms with E-state index in [-0.39, 0.29) is 12.8 Å². The van der Waals surface area contributed by atoms with Gasteiger partial charge in [-0.2, -0.15) is 0 Å². The van der Waals surface area contributed by atoms with Gasteiger partial charge in [-0.05, 0) is 70.6 Å². The number of carbonyl (C=O) groups excluding carboxylic acids is 2. The van der Waals surface area contributed by atoms with Crippen molar-refractivity contribution in [3.63, 3.8) is 0 Å². The van der Waals surface area contributed by atoms with E-state index in [9.17, 15) is 49.7 Å². The van der Waals surface area contributed by atoms with Crippen LogP contribution >= 0.6 is 7.82 Å². The Morgan fingerprint density at radius 1 is 0.581 bits per heavy atom. The average molecular weight is 899 g/mol. The molecule has 1 aliphatic carbocycles. The van der Waals surface area contributed by atoms with Gasteiger partial charge in [-0.3, -0.25) is 18.6 Å². The summed E-state index contributed by atoms with van der Waals surface area (Å²) in [6.45, 7) is 2.89. The van der Waals surface area contributed by atoms with Crippen molar-refractivity contribution < 1.29 is 68.2 Å². The van der Waals surface area contributed by atoms with Crippen LogP contribution < -0.4 is 0 Å². The van der Waals surface area contributed by atoms with Gasteiger partial charge < -0.3 is 45.0 Å². The molecule has 0 aromatic carbocycles. The van der Waals surface area contributed by atoms with Crippen LogP contribution in [0, 0.1) is 0 Å². The molecule has 0 aromatic heterocycles. The molecule has 1 rings (SSSR count). The van der Waals surface area contributed by atoms with Crippen LogP contribution in [0.5, 0.6) is 0 Å². The molecule has 14 nitrogen and oxygen atoms in total. The third kappa shape index (κ3) is 28.8. The maximum absolute atomic E-state index is 12.8. The van der Waals surface area contributed by atoms with Crippen molar-refractivity contribution in [1.29, 1.82) is 0 Å². The van der Waals surface area contributed by atoms with Crippen LogP contribution in [0.15, 0.2) is 72.9 Å². The summed E-state index contributed by atoms with van der Waals surface area (Å²) in [6, 6.07) is 0. The average Bonchev–Trinajstić information content (AvgIpc) is 3.25. The molecule has 1 fully saturated rings. The Kier molecular flexibility index (Phi) is 33.8. The van der Waals surface area contributed by atoms with Crippen LogP contribution in [0.2, 0.25) is 0 Å². The van der Waals surface area contributed by atoms with E-state index in [2.05, 4.69) is 37.3 Å². The molecule has 1 saturated carbocycles. The summed E-state index contributed by atoms with van der Waals surface area (Å²) in [5.41, 5.74) is 0. The maximum atomic E-state index is 12.8. The molecule has 0 amide bonds. The van der Waals surface area contributed by atoms with Gasteiger partial charge in [-0.25, -0.2) is 4.57 Å². The number of phosphoric acid groups is 1. The fourth-order valence-electron chi connectivity index (χ4n) is 6.33. The number of aliphatic hydroxyl groups excluding tert-OH is 6. The molecular weight excluding hydrogens is 819 g/mol. The number of hydrogen-bond acceptors (Lipinski definition) is 13. The van der Waals surface area contributed by atoms with E-state index in [0.717, 1.165) is 70.6 Å². The van der Waals surface area contributed by atoms with Crippen LogP contribution in [-0.2, 0) is 32.7 Å². The largest absolute Gasteiger partial charge is 0.472 e. The number of rotatable bonds is 36. The normalized spacial score (nSPS) is 23.0. The van der Waals surface area contributed by atoms with Crippen molar-refractivity contribution in [2.75, 3.05) is 13.2 Å². The van der Waals surface area contributed by atoms with Gasteiger partial charge in [-0.15, -0.1) is 0 Å². The van der Waals surface area contributed by atoms with E-state index in [1.165, 1.54) is 25.7 Å². The summed E-state index contributed by atoms with van der Waals surface area (Å²) >= 11 is 0. The van der Waals surface area contributed by atoms with Gasteiger partial charge in [0.25, 0.3) is 0 Å². The molecule has 356 valence electrons. The van der Waals surface area contributed by atoms with Crippen LogP contribution in [0.1, 0.15) is 149 Å². The highest BCUT2D eigenvalue weighted by molar-refractivity contribution is 7.47. The standard InChI is InChI=1S/C47H79O14P/c1-3-5-6-7-8-9-10-11-12-17-20-23-26-29-32-35-41(50)60-39(37-59-62(56,57)61-47-45(54)43(52)42(51)44(53)46(47)55)36-58-40(49)34-31-28-25-22-19-16-14-13-15-18-21-24-27-30-33-38(48)4-2/h9-10,14-16,18,22,24-25,27,30,33,38-39,42-48,51-55H,3-8,11-13,17,19-21,23,26,28-29,31-32,34-37H2,1-2H3,(H,56,57)/b10-9-,16-14-,18-15-,25-22-,27-24-,33-30+/t38-,39+,42?,43-,44+,45+,46+,47?/m0/s1. The molecule has 0 aliphatic heterocycles. The maximum Gasteiger partial charge on any atom is 0.472 e. The van der Waals surface area contributed by atoms with Crippen molar-refractivity contribution in [3.8, 4) is 0 Å². The molecule has 0 saturated heterocycles. The summed E-state index contributed by atoms with van der Waals surface area (Å²) in [5.74, 6) is -1.20. The van der Waals surface area contributed by atoms with E-state index >= 15 is 0 Å². The fourth-order valence-corrected chi connectivity index (χ4v) is 7.30. The number of phosphoric ester groups is 1. The first-order chi connectivity index (χ1) is 29.8. The Morgan fingerprint density at radius 3 is 1.66 bits per heavy atom. The Bertz CT molecular complexity index is 1380. The predicted octanol–water partition coefficient (Wildman–Crippen LogP) is 7.69. The van der Waals surface area contributed by atoms with Crippen LogP contribution in [-0.4, -0.2) is 110 Å². The van der Waals surface area contributed by atoms with Gasteiger partial charge in [-0.1, -0.05) is 138 Å². The smallest absolute Gasteiger partial charge is 0.462 e. The van der Waals surface area contributed by atoms with Crippen molar-refractivity contribution in [3.05, 3.63) is 72.9 Å². The lowest BCUT2D eigenvalue weighted by Crippen LogP contribution is -2.64. The summed E-state index contributed by atoms with van der Waals surface area (Å²) in [7, 11) is -5.14. The minimum absolute atomic E-state index is 0.0689. The van der Waals surface area contributed by atoms with Gasteiger partial charge in [0.05, 0.1) is 12.7 Å². The number of allylic oxidation sites excluding steroid dienone is 11. The molecule has 15 heteroatoms. The van der Waals surface area contributed by atoms with Crippen LogP contribution in [0.4, 0.5) is 0 Å². The number of hydrogen-bond donors (Lipinski definition) is 7. The van der Waals surface area contributed by atoms with Gasteiger partial charge in [0.1, 0.15) is 43.2 Å². The number of ether oxygens (including phenoxy) is 2. The first kappa shape index (κ1) is 57.3. The summed E-state index contributed by atoms with van der Waals surface area (Å²) < 4.78 is 33.4. The van der Waals surface area contributed by atoms with Gasteiger partial charge in [0, 0.05) is 12.8 Å². The van der Waals surface area contributed by atoms with Gasteiger partial charge >= 0.3 is 19.8 Å². The van der Waals surface area contributed by atoms with Crippen molar-refractivity contribution in [2.24, 2.45) is 0 Å². The minimum Gasteiger partial charge on any atom is -0.462 e. The highest BCUT2D eigenvalue weighted by atomic mass is 31.2. The zero-order chi connectivity index (χ0) is 45.9. The highest BCUT2D eigenvalue weighted by Crippen LogP contribution is 2.47. The molecule has 7 N–H and O–H groups in total. The zero-order valence-corrected chi connectivity index (χ0v) is 38.1. The molecule has 1 aliphatic rings. The lowest BCUT2D eigenvalue weighted by atomic mass is 9.85. The molecular formula is C47H79O14P. The molecule has 0 spiro atoms. The molecule has 0 aromatic rings. The fraction of sp³-hybridized carbons (Fsp3) is 0.702. The Labute approximate surface area is 370 Å². The summed E-state index contributed by atoms with van der Waals surface area (Å²) in [4.78, 5) is 35.7. The zero-order valence-electron chi connectivity index (χ0n) is 37.2. The number of esters is 2. The number of aliphatic hydroxyl groups is 6. The van der Waals surface area contributed by atoms with E-state index < -0.39 is 81.8 Å². The molecule has 9 atom stereocenters. The van der Waals surface area contributed by atoms with Gasteiger partial charge in [0.2, 0.25) is 0 Å². The van der Waals surface area contributed by atoms with Gasteiger partial charge in [0.15, 0.2) is 6.10 Å². The number of carbonyl (C=O) groups is 2. The second-order valence-electron chi connectivity index (χ2n) is 15.7. The van der Waals surface area contributed by atoms with Crippen molar-refractivity contribution in [1.82, 2.24) is 0 Å². The first-order valence-corrected chi connectivity index (χ1v) is 24.3. The van der Waals surface area contributed by atoms with E-state index in [1.807, 2.05) is 43.4 Å². The number of unbranched alkanes of at least 4 members (excludes halogenated alkanes) is 12. The van der Waals surface area contributed by atoms with E-state index in [4.69, 9.17) is 18.5 Å². The second kappa shape index (κ2) is 36.6. The molecule has 62 heavy (non-hydrogen) atoms. The van der Waals surface area contributed by atoms with Crippen LogP contribution in [0.3, 0.4) is 0 Å². The third-order valence-corrected chi connectivity index (χ3v) is 11.2. The second-order valence-corrected chi connectivity index (χ2v) is 17.1. The predicted molar refractivity (Wildman–Crippen MR) is 241 cm³/mol. The lowest BCUT2D eigenvalue weighted by Gasteiger charge is -2.41. The first-order valence-electron chi connectivity index (χ1n) is 22.8. The molecule has 0 bridgehead atoms. The monoisotopic (exact) mass is 899 g/mol. The Morgan fingerprint density at radius 2 is 1.06 bits per heavy atom. The summed E-state index contributed by atoms with van der Waals surface area (Å²) in [5, 5.41) is 59.6. The Balaban J connectivity index is 2.52. The minimum atomic E-state index is -5.14. The van der Waals surface area contributed by atoms with Crippen molar-refractivity contribution >= 4 is 19.8 Å². The topological polar surface area (TPSA) is 230 Å². The third-order valence-electron chi connectivity index (χ3n) is 10.2. The highest BCUT2D eigenvalue weighted by Gasteiger charge is 2.51. The van der Waals surface area contributed by atoms with Crippen LogP contribution in [0.25, 0.3) is 0 Å².